The van der Waals surface area contributed by atoms with Crippen LogP contribution in [0.2, 0.25) is 0 Å². The van der Waals surface area contributed by atoms with E-state index >= 15 is 0 Å². The van der Waals surface area contributed by atoms with E-state index in [-0.39, 0.29) is 24.7 Å². The average molecular weight is 344 g/mol. The molecule has 0 bridgehead atoms. The predicted molar refractivity (Wildman–Crippen MR) is 104 cm³/mol. The van der Waals surface area contributed by atoms with Crippen molar-refractivity contribution in [1.82, 2.24) is 0 Å². The fourth-order valence-electron chi connectivity index (χ4n) is 2.65. The van der Waals surface area contributed by atoms with E-state index in [1.165, 1.54) is 0 Å². The molecule has 0 aliphatic rings. The number of carbonyl (C=O) groups excluding carboxylic acids is 2. The fourth-order valence-corrected chi connectivity index (χ4v) is 2.65. The first kappa shape index (κ1) is 17.4. The summed E-state index contributed by atoms with van der Waals surface area (Å²) < 4.78 is 0. The molecule has 0 aromatic heterocycles. The molecule has 0 aliphatic carbocycles. The quantitative estimate of drug-likeness (QED) is 0.709. The largest absolute Gasteiger partial charge is 0.324 e. The predicted octanol–water partition coefficient (Wildman–Crippen LogP) is 4.05. The lowest BCUT2D eigenvalue weighted by Crippen LogP contribution is -2.19. The maximum Gasteiger partial charge on any atom is 0.228 e. The molecule has 3 aromatic carbocycles. The summed E-state index contributed by atoms with van der Waals surface area (Å²) in [5.74, 6) is -0.248. The molecule has 0 spiro atoms. The molecule has 3 aromatic rings. The zero-order valence-corrected chi connectivity index (χ0v) is 14.3. The highest BCUT2D eigenvalue weighted by Crippen LogP contribution is 2.21. The number of carbonyl (C=O) groups is 2. The number of hydrogen-bond acceptors (Lipinski definition) is 2. The molecule has 4 heteroatoms. The van der Waals surface area contributed by atoms with E-state index in [9.17, 15) is 9.59 Å². The van der Waals surface area contributed by atoms with Gasteiger partial charge in [0.1, 0.15) is 0 Å². The van der Waals surface area contributed by atoms with Gasteiger partial charge >= 0.3 is 0 Å². The number of nitrogens with one attached hydrogen (secondary N) is 2. The Bertz CT molecular complexity index is 802. The Morgan fingerprint density at radius 2 is 0.885 bits per heavy atom. The third-order valence-electron chi connectivity index (χ3n) is 3.89. The van der Waals surface area contributed by atoms with Crippen molar-refractivity contribution in [2.24, 2.45) is 0 Å². The molecule has 26 heavy (non-hydrogen) atoms. The highest BCUT2D eigenvalue weighted by Gasteiger charge is 2.10. The minimum Gasteiger partial charge on any atom is -0.324 e. The van der Waals surface area contributed by atoms with Gasteiger partial charge in [-0.15, -0.1) is 0 Å². The van der Waals surface area contributed by atoms with Gasteiger partial charge in [-0.25, -0.2) is 0 Å². The molecule has 0 radical (unpaired) electrons. The van der Waals surface area contributed by atoms with E-state index < -0.39 is 0 Å². The first-order chi connectivity index (χ1) is 12.7. The van der Waals surface area contributed by atoms with Gasteiger partial charge < -0.3 is 10.6 Å². The zero-order valence-electron chi connectivity index (χ0n) is 14.3. The zero-order chi connectivity index (χ0) is 18.2. The Hall–Kier alpha value is -3.40. The summed E-state index contributed by atoms with van der Waals surface area (Å²) in [7, 11) is 0. The molecule has 0 saturated carbocycles. The smallest absolute Gasteiger partial charge is 0.228 e. The standard InChI is InChI=1S/C22H20N2O2/c25-21(15-17-9-3-1-4-10-17)23-19-13-7-8-14-20(19)24-22(26)16-18-11-5-2-6-12-18/h1-14H,15-16H2,(H,23,25)(H,24,26). The van der Waals surface area contributed by atoms with E-state index in [0.29, 0.717) is 11.4 Å². The number of para-hydroxylation sites is 2. The van der Waals surface area contributed by atoms with Crippen LogP contribution in [0.4, 0.5) is 11.4 Å². The van der Waals surface area contributed by atoms with Crippen LogP contribution < -0.4 is 10.6 Å². The number of amides is 2. The first-order valence-corrected chi connectivity index (χ1v) is 8.47. The summed E-state index contributed by atoms with van der Waals surface area (Å²) in [6, 6.07) is 26.3. The van der Waals surface area contributed by atoms with Crippen LogP contribution in [0.5, 0.6) is 0 Å². The molecule has 2 N–H and O–H groups in total. The SMILES string of the molecule is O=C(Cc1ccccc1)Nc1ccccc1NC(=O)Cc1ccccc1. The van der Waals surface area contributed by atoms with E-state index in [0.717, 1.165) is 11.1 Å². The molecular weight excluding hydrogens is 324 g/mol. The van der Waals surface area contributed by atoms with E-state index in [1.54, 1.807) is 12.1 Å². The molecule has 0 atom stereocenters. The van der Waals surface area contributed by atoms with Crippen molar-refractivity contribution in [3.63, 3.8) is 0 Å². The van der Waals surface area contributed by atoms with Crippen LogP contribution in [-0.4, -0.2) is 11.8 Å². The van der Waals surface area contributed by atoms with Crippen molar-refractivity contribution >= 4 is 23.2 Å². The van der Waals surface area contributed by atoms with Gasteiger partial charge in [0, 0.05) is 0 Å². The molecule has 0 aliphatic heterocycles. The van der Waals surface area contributed by atoms with Crippen molar-refractivity contribution in [1.29, 1.82) is 0 Å². The van der Waals surface area contributed by atoms with Gasteiger partial charge in [0.15, 0.2) is 0 Å². The number of hydrogen-bond donors (Lipinski definition) is 2. The third-order valence-corrected chi connectivity index (χ3v) is 3.89. The van der Waals surface area contributed by atoms with E-state index in [1.807, 2.05) is 72.8 Å². The summed E-state index contributed by atoms with van der Waals surface area (Å²) in [5, 5.41) is 5.75. The minimum absolute atomic E-state index is 0.124. The summed E-state index contributed by atoms with van der Waals surface area (Å²) in [6.07, 6.45) is 0.570. The molecule has 0 saturated heterocycles. The Balaban J connectivity index is 1.64. The number of anilines is 2. The van der Waals surface area contributed by atoms with Gasteiger partial charge in [-0.2, -0.15) is 0 Å². The van der Waals surface area contributed by atoms with Crippen LogP contribution in [0.1, 0.15) is 11.1 Å². The van der Waals surface area contributed by atoms with Gasteiger partial charge in [0.2, 0.25) is 11.8 Å². The van der Waals surface area contributed by atoms with Crippen LogP contribution in [0.3, 0.4) is 0 Å². The van der Waals surface area contributed by atoms with Crippen LogP contribution in [0, 0.1) is 0 Å². The topological polar surface area (TPSA) is 58.2 Å². The second kappa shape index (κ2) is 8.62. The van der Waals surface area contributed by atoms with Crippen LogP contribution in [-0.2, 0) is 22.4 Å². The van der Waals surface area contributed by atoms with Crippen molar-refractivity contribution in [2.75, 3.05) is 10.6 Å². The first-order valence-electron chi connectivity index (χ1n) is 8.47. The Labute approximate surface area is 152 Å². The van der Waals surface area contributed by atoms with E-state index in [2.05, 4.69) is 10.6 Å². The summed E-state index contributed by atoms with van der Waals surface area (Å²) in [4.78, 5) is 24.6. The summed E-state index contributed by atoms with van der Waals surface area (Å²) in [6.45, 7) is 0. The second-order valence-electron chi connectivity index (χ2n) is 5.97. The number of benzene rings is 3. The van der Waals surface area contributed by atoms with E-state index in [4.69, 9.17) is 0 Å². The lowest BCUT2D eigenvalue weighted by atomic mass is 10.1. The van der Waals surface area contributed by atoms with Crippen molar-refractivity contribution in [3.05, 3.63) is 96.1 Å². The van der Waals surface area contributed by atoms with Crippen molar-refractivity contribution < 1.29 is 9.59 Å². The van der Waals surface area contributed by atoms with Crippen LogP contribution >= 0.6 is 0 Å². The highest BCUT2D eigenvalue weighted by atomic mass is 16.2. The monoisotopic (exact) mass is 344 g/mol. The molecule has 2 amide bonds. The van der Waals surface area contributed by atoms with Gasteiger partial charge in [-0.3, -0.25) is 9.59 Å². The van der Waals surface area contributed by atoms with Crippen LogP contribution in [0.25, 0.3) is 0 Å². The maximum absolute atomic E-state index is 12.3. The van der Waals surface area contributed by atoms with Crippen LogP contribution in [0.15, 0.2) is 84.9 Å². The van der Waals surface area contributed by atoms with Gasteiger partial charge in [-0.1, -0.05) is 72.8 Å². The molecule has 0 fully saturated rings. The average Bonchev–Trinajstić information content (AvgIpc) is 2.65. The molecule has 0 heterocycles. The Morgan fingerprint density at radius 3 is 1.27 bits per heavy atom. The molecule has 3 rings (SSSR count). The minimum atomic E-state index is -0.124. The summed E-state index contributed by atoms with van der Waals surface area (Å²) >= 11 is 0. The van der Waals surface area contributed by atoms with Gasteiger partial charge in [-0.05, 0) is 23.3 Å². The lowest BCUT2D eigenvalue weighted by Gasteiger charge is -2.12. The lowest BCUT2D eigenvalue weighted by molar-refractivity contribution is -0.116. The maximum atomic E-state index is 12.3. The molecule has 0 unspecified atom stereocenters. The summed E-state index contributed by atoms with van der Waals surface area (Å²) in [5.41, 5.74) is 3.07. The third kappa shape index (κ3) is 5.05. The highest BCUT2D eigenvalue weighted by molar-refractivity contribution is 6.00. The Kier molecular flexibility index (Phi) is 5.78. The molecule has 4 nitrogen and oxygen atoms in total. The van der Waals surface area contributed by atoms with Gasteiger partial charge in [0.25, 0.3) is 0 Å². The normalized spacial score (nSPS) is 10.2. The number of rotatable bonds is 6. The molecule has 130 valence electrons. The molecular formula is C22H20N2O2. The Morgan fingerprint density at radius 1 is 0.538 bits per heavy atom. The van der Waals surface area contributed by atoms with Gasteiger partial charge in [0.05, 0.1) is 24.2 Å². The van der Waals surface area contributed by atoms with Crippen molar-refractivity contribution in [2.45, 2.75) is 12.8 Å². The van der Waals surface area contributed by atoms with Crippen molar-refractivity contribution in [3.8, 4) is 0 Å². The fraction of sp³-hybridized carbons (Fsp3) is 0.0909. The second-order valence-corrected chi connectivity index (χ2v) is 5.97.